The molecule has 4 rings (SSSR count). The van der Waals surface area contributed by atoms with E-state index in [-0.39, 0.29) is 11.8 Å². The number of rotatable bonds is 4. The lowest BCUT2D eigenvalue weighted by atomic mass is 10.1. The number of nitrogens with zero attached hydrogens (tertiary/aromatic N) is 3. The van der Waals surface area contributed by atoms with Crippen molar-refractivity contribution in [3.8, 4) is 34.0 Å². The number of hydrogen-bond donors (Lipinski definition) is 1. The van der Waals surface area contributed by atoms with Gasteiger partial charge in [-0.05, 0) is 48.5 Å². The Kier molecular flexibility index (Phi) is 4.49. The van der Waals surface area contributed by atoms with Gasteiger partial charge in [-0.15, -0.1) is 0 Å². The summed E-state index contributed by atoms with van der Waals surface area (Å²) in [4.78, 5) is 13.4. The molecule has 0 unspecified atom stereocenters. The minimum atomic E-state index is -0.302. The van der Waals surface area contributed by atoms with E-state index >= 15 is 0 Å². The van der Waals surface area contributed by atoms with Crippen molar-refractivity contribution in [1.29, 1.82) is 0 Å². The molecular weight excluding hydrogens is 359 g/mol. The topological polar surface area (TPSA) is 83.2 Å². The van der Waals surface area contributed by atoms with Gasteiger partial charge in [-0.25, -0.2) is 19.3 Å². The molecule has 6 nitrogen and oxygen atoms in total. The lowest BCUT2D eigenvalue weighted by Gasteiger charge is -2.12. The molecule has 0 spiro atoms. The number of hydrogen-bond acceptors (Lipinski definition) is 6. The molecule has 2 heterocycles. The maximum absolute atomic E-state index is 13.3. The number of benzene rings is 2. The monoisotopic (exact) mass is 376 g/mol. The summed E-state index contributed by atoms with van der Waals surface area (Å²) >= 11 is 0. The molecule has 0 aliphatic heterocycles. The molecule has 0 amide bonds. The number of aromatic nitrogens is 3. The summed E-state index contributed by atoms with van der Waals surface area (Å²) in [7, 11) is 3.16. The molecular formula is C21H17FN4O2. The smallest absolute Gasteiger partial charge is 0.221 e. The fraction of sp³-hybridized carbons (Fsp3) is 0.0952. The van der Waals surface area contributed by atoms with E-state index in [0.717, 1.165) is 5.56 Å². The predicted octanol–water partition coefficient (Wildman–Crippen LogP) is 4.10. The number of methoxy groups -OCH3 is 2. The molecule has 2 N–H and O–H groups in total. The lowest BCUT2D eigenvalue weighted by Crippen LogP contribution is -2.01. The largest absolute Gasteiger partial charge is 0.497 e. The molecule has 0 saturated carbocycles. The van der Waals surface area contributed by atoms with Gasteiger partial charge in [0.15, 0.2) is 0 Å². The van der Waals surface area contributed by atoms with Gasteiger partial charge in [-0.3, -0.25) is 0 Å². The zero-order valence-electron chi connectivity index (χ0n) is 15.3. The Bertz CT molecular complexity index is 1160. The third-order valence-electron chi connectivity index (χ3n) is 4.36. The second-order valence-electron chi connectivity index (χ2n) is 6.07. The minimum Gasteiger partial charge on any atom is -0.497 e. The van der Waals surface area contributed by atoms with E-state index in [4.69, 9.17) is 20.2 Å². The van der Waals surface area contributed by atoms with Crippen molar-refractivity contribution in [3.05, 3.63) is 60.4 Å². The van der Waals surface area contributed by atoms with Crippen LogP contribution in [0.25, 0.3) is 33.5 Å². The van der Waals surface area contributed by atoms with Crippen LogP contribution in [-0.2, 0) is 0 Å². The van der Waals surface area contributed by atoms with Crippen LogP contribution in [0, 0.1) is 5.82 Å². The maximum atomic E-state index is 13.3. The van der Waals surface area contributed by atoms with Crippen molar-refractivity contribution in [2.75, 3.05) is 20.0 Å². The first-order valence-electron chi connectivity index (χ1n) is 8.51. The quantitative estimate of drug-likeness (QED) is 0.577. The van der Waals surface area contributed by atoms with Gasteiger partial charge < -0.3 is 15.2 Å². The SMILES string of the molecule is COc1ccc(-c2nc(N)nc3ccc(-c4ccc(F)cc4)nc23)c(OC)c1. The highest BCUT2D eigenvalue weighted by Crippen LogP contribution is 2.36. The molecule has 0 saturated heterocycles. The van der Waals surface area contributed by atoms with E-state index in [1.165, 1.54) is 12.1 Å². The van der Waals surface area contributed by atoms with Crippen LogP contribution < -0.4 is 15.2 Å². The van der Waals surface area contributed by atoms with Crippen molar-refractivity contribution >= 4 is 17.0 Å². The first-order valence-corrected chi connectivity index (χ1v) is 8.51. The Balaban J connectivity index is 1.95. The van der Waals surface area contributed by atoms with Crippen LogP contribution in [0.1, 0.15) is 0 Å². The summed E-state index contributed by atoms with van der Waals surface area (Å²) in [5.41, 5.74) is 9.81. The number of fused-ring (bicyclic) bond motifs is 1. The van der Waals surface area contributed by atoms with Crippen molar-refractivity contribution < 1.29 is 13.9 Å². The molecule has 0 aliphatic carbocycles. The fourth-order valence-electron chi connectivity index (χ4n) is 3.00. The third-order valence-corrected chi connectivity index (χ3v) is 4.36. The Morgan fingerprint density at radius 1 is 0.857 bits per heavy atom. The van der Waals surface area contributed by atoms with Gasteiger partial charge in [0.25, 0.3) is 0 Å². The van der Waals surface area contributed by atoms with E-state index in [1.54, 1.807) is 32.4 Å². The molecule has 28 heavy (non-hydrogen) atoms. The third kappa shape index (κ3) is 3.18. The average molecular weight is 376 g/mol. The number of anilines is 1. The van der Waals surface area contributed by atoms with Crippen LogP contribution >= 0.6 is 0 Å². The van der Waals surface area contributed by atoms with Crippen LogP contribution in [0.3, 0.4) is 0 Å². The highest BCUT2D eigenvalue weighted by atomic mass is 19.1. The van der Waals surface area contributed by atoms with Crippen molar-refractivity contribution in [3.63, 3.8) is 0 Å². The molecule has 4 aromatic rings. The molecule has 0 fully saturated rings. The van der Waals surface area contributed by atoms with Gasteiger partial charge in [0.2, 0.25) is 5.95 Å². The number of nitrogens with two attached hydrogens (primary N) is 1. The number of pyridine rings is 1. The Morgan fingerprint density at radius 2 is 1.64 bits per heavy atom. The summed E-state index contributed by atoms with van der Waals surface area (Å²) in [6, 6.07) is 15.2. The van der Waals surface area contributed by atoms with Crippen molar-refractivity contribution in [1.82, 2.24) is 15.0 Å². The first kappa shape index (κ1) is 17.7. The van der Waals surface area contributed by atoms with Gasteiger partial charge in [0.1, 0.15) is 28.5 Å². The van der Waals surface area contributed by atoms with Gasteiger partial charge >= 0.3 is 0 Å². The van der Waals surface area contributed by atoms with Crippen molar-refractivity contribution in [2.24, 2.45) is 0 Å². The Hall–Kier alpha value is -3.74. The molecule has 2 aromatic carbocycles. The molecule has 0 radical (unpaired) electrons. The molecule has 0 atom stereocenters. The number of nitrogen functional groups attached to an aromatic ring is 1. The van der Waals surface area contributed by atoms with Crippen molar-refractivity contribution in [2.45, 2.75) is 0 Å². The predicted molar refractivity (Wildman–Crippen MR) is 106 cm³/mol. The van der Waals surface area contributed by atoms with Crippen LogP contribution in [0.4, 0.5) is 10.3 Å². The number of halogens is 1. The summed E-state index contributed by atoms with van der Waals surface area (Å²) in [6.45, 7) is 0. The molecule has 140 valence electrons. The van der Waals surface area contributed by atoms with Gasteiger partial charge in [-0.2, -0.15) is 0 Å². The van der Waals surface area contributed by atoms with E-state index in [1.807, 2.05) is 24.3 Å². The van der Waals surface area contributed by atoms with Gasteiger partial charge in [0.05, 0.1) is 25.4 Å². The van der Waals surface area contributed by atoms with E-state index < -0.39 is 0 Å². The zero-order chi connectivity index (χ0) is 19.7. The fourth-order valence-corrected chi connectivity index (χ4v) is 3.00. The lowest BCUT2D eigenvalue weighted by molar-refractivity contribution is 0.395. The van der Waals surface area contributed by atoms with Crippen LogP contribution in [0.5, 0.6) is 11.5 Å². The minimum absolute atomic E-state index is 0.136. The normalized spacial score (nSPS) is 10.8. The van der Waals surface area contributed by atoms with Crippen LogP contribution in [0.15, 0.2) is 54.6 Å². The zero-order valence-corrected chi connectivity index (χ0v) is 15.3. The molecule has 2 aromatic heterocycles. The highest BCUT2D eigenvalue weighted by Gasteiger charge is 2.16. The second-order valence-corrected chi connectivity index (χ2v) is 6.07. The number of ether oxygens (including phenoxy) is 2. The van der Waals surface area contributed by atoms with E-state index in [0.29, 0.717) is 39.5 Å². The standard InChI is InChI=1S/C21H17FN4O2/c1-27-14-7-8-15(18(11-14)28-2)19-20-17(25-21(23)26-19)10-9-16(24-20)12-3-5-13(22)6-4-12/h3-11H,1-2H3,(H2,23,25,26). The van der Waals surface area contributed by atoms with Crippen LogP contribution in [-0.4, -0.2) is 29.2 Å². The highest BCUT2D eigenvalue weighted by molar-refractivity contribution is 5.93. The van der Waals surface area contributed by atoms with Crippen LogP contribution in [0.2, 0.25) is 0 Å². The molecule has 0 bridgehead atoms. The average Bonchev–Trinajstić information content (AvgIpc) is 2.73. The van der Waals surface area contributed by atoms with E-state index in [2.05, 4.69) is 9.97 Å². The Labute approximate surface area is 160 Å². The summed E-state index contributed by atoms with van der Waals surface area (Å²) in [6.07, 6.45) is 0. The van der Waals surface area contributed by atoms with E-state index in [9.17, 15) is 4.39 Å². The maximum Gasteiger partial charge on any atom is 0.221 e. The molecule has 7 heteroatoms. The summed E-state index contributed by atoms with van der Waals surface area (Å²) in [5.74, 6) is 1.07. The van der Waals surface area contributed by atoms with Gasteiger partial charge in [0, 0.05) is 17.2 Å². The second kappa shape index (κ2) is 7.11. The molecule has 0 aliphatic rings. The first-order chi connectivity index (χ1) is 13.6. The van der Waals surface area contributed by atoms with Gasteiger partial charge in [-0.1, -0.05) is 0 Å². The summed E-state index contributed by atoms with van der Waals surface area (Å²) in [5, 5.41) is 0. The Morgan fingerprint density at radius 3 is 2.36 bits per heavy atom. The summed E-state index contributed by atoms with van der Waals surface area (Å²) < 4.78 is 24.0.